The summed E-state index contributed by atoms with van der Waals surface area (Å²) in [7, 11) is 0. The zero-order valence-corrected chi connectivity index (χ0v) is 26.3. The molecule has 0 aliphatic heterocycles. The summed E-state index contributed by atoms with van der Waals surface area (Å²) in [4.78, 5) is 0. The molecule has 0 N–H and O–H groups in total. The lowest BCUT2D eigenvalue weighted by molar-refractivity contribution is 1.11. The summed E-state index contributed by atoms with van der Waals surface area (Å²) in [6.07, 6.45) is 2.07. The molecule has 0 radical (unpaired) electrons. The topological polar surface area (TPSA) is 30.2 Å². The lowest BCUT2D eigenvalue weighted by Crippen LogP contribution is -1.90. The van der Waals surface area contributed by atoms with Gasteiger partial charge in [-0.1, -0.05) is 114 Å². The van der Waals surface area contributed by atoms with Crippen LogP contribution < -0.4 is 0 Å². The van der Waals surface area contributed by atoms with E-state index in [-0.39, 0.29) is 0 Å². The van der Waals surface area contributed by atoms with Crippen molar-refractivity contribution < 1.29 is 0 Å². The van der Waals surface area contributed by atoms with Crippen LogP contribution in [-0.2, 0) is 0 Å². The van der Waals surface area contributed by atoms with Gasteiger partial charge in [0.05, 0.1) is 0 Å². The molecule has 3 nitrogen and oxygen atoms in total. The summed E-state index contributed by atoms with van der Waals surface area (Å²) in [5.41, 5.74) is 11.8. The number of fused-ring (bicyclic) bond motifs is 6. The van der Waals surface area contributed by atoms with Crippen LogP contribution in [0.3, 0.4) is 0 Å². The standard InChI is InChI=1S/C42H29N3S/c1-26-7-11-28(12-8-26)33-19-20-39-37(23-33)38-25-34(29-13-9-27(2)10-14-29)24-36(40(38)46-39)31-15-17-32(18-16-31)41-43-44-42-35-6-4-3-5-30(35)21-22-45(41)42/h3-25H,1-2H3. The molecule has 3 aromatic heterocycles. The molecule has 0 amide bonds. The molecule has 0 aliphatic carbocycles. The van der Waals surface area contributed by atoms with Crippen LogP contribution in [0.1, 0.15) is 11.1 Å². The van der Waals surface area contributed by atoms with Gasteiger partial charge >= 0.3 is 0 Å². The summed E-state index contributed by atoms with van der Waals surface area (Å²) in [5, 5.41) is 14.0. The van der Waals surface area contributed by atoms with Gasteiger partial charge in [-0.05, 0) is 77.4 Å². The van der Waals surface area contributed by atoms with Gasteiger partial charge in [-0.3, -0.25) is 4.40 Å². The van der Waals surface area contributed by atoms with E-state index < -0.39 is 0 Å². The zero-order chi connectivity index (χ0) is 30.8. The molecule has 0 saturated heterocycles. The number of nitrogens with zero attached hydrogens (tertiary/aromatic N) is 3. The van der Waals surface area contributed by atoms with Crippen molar-refractivity contribution in [3.05, 3.63) is 151 Å². The molecule has 9 aromatic rings. The number of pyridine rings is 1. The molecule has 3 heterocycles. The smallest absolute Gasteiger partial charge is 0.168 e. The Morgan fingerprint density at radius 3 is 1.89 bits per heavy atom. The van der Waals surface area contributed by atoms with E-state index in [0.29, 0.717) is 0 Å². The highest BCUT2D eigenvalue weighted by Crippen LogP contribution is 2.44. The minimum absolute atomic E-state index is 0.844. The summed E-state index contributed by atoms with van der Waals surface area (Å²) in [5.74, 6) is 0.844. The SMILES string of the molecule is Cc1ccc(-c2ccc3sc4c(-c5ccc(-c6nnc7c8ccccc8ccn67)cc5)cc(-c5ccc(C)cc5)cc4c3c2)cc1. The van der Waals surface area contributed by atoms with Gasteiger partial charge in [-0.2, -0.15) is 0 Å². The highest BCUT2D eigenvalue weighted by Gasteiger charge is 2.16. The Bertz CT molecular complexity index is 2570. The quantitative estimate of drug-likeness (QED) is 0.199. The fourth-order valence-electron chi connectivity index (χ4n) is 6.54. The van der Waals surface area contributed by atoms with Crippen molar-refractivity contribution in [1.82, 2.24) is 14.6 Å². The van der Waals surface area contributed by atoms with Gasteiger partial charge in [0.15, 0.2) is 11.5 Å². The maximum atomic E-state index is 4.61. The van der Waals surface area contributed by atoms with Gasteiger partial charge in [0.25, 0.3) is 0 Å². The molecule has 0 atom stereocenters. The second-order valence-electron chi connectivity index (χ2n) is 12.1. The number of thiophene rings is 1. The van der Waals surface area contributed by atoms with Crippen LogP contribution in [0.25, 0.3) is 81.4 Å². The number of aryl methyl sites for hydroxylation is 2. The predicted octanol–water partition coefficient (Wildman–Crippen LogP) is 11.5. The molecule has 0 fully saturated rings. The van der Waals surface area contributed by atoms with E-state index in [0.717, 1.165) is 27.8 Å². The average molecular weight is 608 g/mol. The first-order valence-corrected chi connectivity index (χ1v) is 16.4. The largest absolute Gasteiger partial charge is 0.282 e. The van der Waals surface area contributed by atoms with E-state index in [1.807, 2.05) is 17.4 Å². The van der Waals surface area contributed by atoms with Crippen LogP contribution in [0.15, 0.2) is 140 Å². The molecule has 0 bridgehead atoms. The van der Waals surface area contributed by atoms with E-state index in [9.17, 15) is 0 Å². The molecule has 6 aromatic carbocycles. The van der Waals surface area contributed by atoms with Crippen molar-refractivity contribution in [2.45, 2.75) is 13.8 Å². The van der Waals surface area contributed by atoms with Crippen molar-refractivity contribution in [2.75, 3.05) is 0 Å². The molecule has 0 aliphatic rings. The predicted molar refractivity (Wildman–Crippen MR) is 195 cm³/mol. The maximum absolute atomic E-state index is 4.61. The van der Waals surface area contributed by atoms with E-state index >= 15 is 0 Å². The van der Waals surface area contributed by atoms with Crippen molar-refractivity contribution >= 4 is 47.9 Å². The Labute approximate surface area is 271 Å². The first kappa shape index (κ1) is 26.8. The third kappa shape index (κ3) is 4.41. The molecular weight excluding hydrogens is 579 g/mol. The van der Waals surface area contributed by atoms with Crippen LogP contribution in [0.2, 0.25) is 0 Å². The number of benzene rings is 6. The third-order valence-electron chi connectivity index (χ3n) is 9.10. The van der Waals surface area contributed by atoms with Gasteiger partial charge in [-0.25, -0.2) is 0 Å². The summed E-state index contributed by atoms with van der Waals surface area (Å²) in [6, 6.07) is 48.6. The molecule has 46 heavy (non-hydrogen) atoms. The molecular formula is C42H29N3S. The highest BCUT2D eigenvalue weighted by atomic mass is 32.1. The second-order valence-corrected chi connectivity index (χ2v) is 13.2. The van der Waals surface area contributed by atoms with Gasteiger partial charge in [0, 0.05) is 42.9 Å². The molecule has 0 saturated carbocycles. The Morgan fingerprint density at radius 2 is 1.13 bits per heavy atom. The van der Waals surface area contributed by atoms with Crippen LogP contribution >= 0.6 is 11.3 Å². The molecule has 0 spiro atoms. The van der Waals surface area contributed by atoms with Crippen LogP contribution in [0, 0.1) is 13.8 Å². The first-order valence-electron chi connectivity index (χ1n) is 15.6. The van der Waals surface area contributed by atoms with Gasteiger partial charge in [0.2, 0.25) is 0 Å². The van der Waals surface area contributed by atoms with Crippen LogP contribution in [0.5, 0.6) is 0 Å². The molecule has 9 rings (SSSR count). The fraction of sp³-hybridized carbons (Fsp3) is 0.0476. The minimum Gasteiger partial charge on any atom is -0.282 e. The van der Waals surface area contributed by atoms with E-state index in [2.05, 4.69) is 162 Å². The lowest BCUT2D eigenvalue weighted by atomic mass is 9.94. The van der Waals surface area contributed by atoms with Crippen LogP contribution in [0.4, 0.5) is 0 Å². The van der Waals surface area contributed by atoms with E-state index in [1.54, 1.807) is 0 Å². The number of aromatic nitrogens is 3. The Hall–Kier alpha value is -5.58. The van der Waals surface area contributed by atoms with Crippen molar-refractivity contribution in [1.29, 1.82) is 0 Å². The van der Waals surface area contributed by atoms with E-state index in [4.69, 9.17) is 0 Å². The zero-order valence-electron chi connectivity index (χ0n) is 25.5. The Balaban J connectivity index is 1.20. The van der Waals surface area contributed by atoms with Crippen molar-refractivity contribution in [3.8, 4) is 44.8 Å². The molecule has 0 unspecified atom stereocenters. The molecule has 4 heteroatoms. The Morgan fingerprint density at radius 1 is 0.500 bits per heavy atom. The summed E-state index contributed by atoms with van der Waals surface area (Å²) < 4.78 is 4.69. The normalized spacial score (nSPS) is 11.7. The molecule has 218 valence electrons. The fourth-order valence-corrected chi connectivity index (χ4v) is 7.74. The minimum atomic E-state index is 0.844. The van der Waals surface area contributed by atoms with Crippen LogP contribution in [-0.4, -0.2) is 14.6 Å². The third-order valence-corrected chi connectivity index (χ3v) is 10.3. The van der Waals surface area contributed by atoms with Crippen molar-refractivity contribution in [3.63, 3.8) is 0 Å². The monoisotopic (exact) mass is 607 g/mol. The average Bonchev–Trinajstić information content (AvgIpc) is 3.70. The second kappa shape index (κ2) is 10.5. The number of hydrogen-bond acceptors (Lipinski definition) is 3. The van der Waals surface area contributed by atoms with Gasteiger partial charge in [-0.15, -0.1) is 21.5 Å². The lowest BCUT2D eigenvalue weighted by Gasteiger charge is -2.10. The number of hydrogen-bond donors (Lipinski definition) is 0. The van der Waals surface area contributed by atoms with E-state index in [1.165, 1.54) is 64.7 Å². The van der Waals surface area contributed by atoms with Gasteiger partial charge in [0.1, 0.15) is 0 Å². The van der Waals surface area contributed by atoms with Gasteiger partial charge < -0.3 is 0 Å². The van der Waals surface area contributed by atoms with Crippen molar-refractivity contribution in [2.24, 2.45) is 0 Å². The first-order chi connectivity index (χ1) is 22.6. The highest BCUT2D eigenvalue weighted by molar-refractivity contribution is 7.26. The maximum Gasteiger partial charge on any atom is 0.168 e. The summed E-state index contributed by atoms with van der Waals surface area (Å²) >= 11 is 1.87. The number of rotatable bonds is 4. The summed E-state index contributed by atoms with van der Waals surface area (Å²) in [6.45, 7) is 4.27. The Kier molecular flexibility index (Phi) is 6.12.